The van der Waals surface area contributed by atoms with Gasteiger partial charge in [0.05, 0.1) is 0 Å². The number of hydrogen-bond acceptors (Lipinski definition) is 1. The Bertz CT molecular complexity index is 176. The highest BCUT2D eigenvalue weighted by Gasteiger charge is 2.34. The monoisotopic (exact) mass is 179 g/mol. The van der Waals surface area contributed by atoms with Crippen molar-refractivity contribution in [2.45, 2.75) is 44.6 Å². The van der Waals surface area contributed by atoms with Crippen LogP contribution < -0.4 is 0 Å². The Balaban J connectivity index is 1.87. The first kappa shape index (κ1) is 9.26. The number of hydrogen-bond donors (Lipinski definition) is 0. The Kier molecular flexibility index (Phi) is 3.05. The van der Waals surface area contributed by atoms with Crippen molar-refractivity contribution in [3.05, 3.63) is 12.7 Å². The van der Waals surface area contributed by atoms with Crippen molar-refractivity contribution in [1.29, 1.82) is 0 Å². The minimum atomic E-state index is 0.939. The predicted molar refractivity (Wildman–Crippen MR) is 56.8 cm³/mol. The van der Waals surface area contributed by atoms with Gasteiger partial charge < -0.3 is 0 Å². The molecule has 0 aromatic carbocycles. The summed E-state index contributed by atoms with van der Waals surface area (Å²) >= 11 is 0. The molecule has 2 atom stereocenters. The van der Waals surface area contributed by atoms with Gasteiger partial charge in [-0.15, -0.1) is 6.58 Å². The Morgan fingerprint density at radius 3 is 2.92 bits per heavy atom. The van der Waals surface area contributed by atoms with Crippen molar-refractivity contribution in [2.24, 2.45) is 5.92 Å². The molecule has 0 spiro atoms. The summed E-state index contributed by atoms with van der Waals surface area (Å²) in [5.41, 5.74) is 0. The molecule has 2 unspecified atom stereocenters. The van der Waals surface area contributed by atoms with Gasteiger partial charge in [-0.25, -0.2) is 0 Å². The molecule has 0 radical (unpaired) electrons. The van der Waals surface area contributed by atoms with Crippen LogP contribution in [-0.2, 0) is 0 Å². The summed E-state index contributed by atoms with van der Waals surface area (Å²) in [4.78, 5) is 2.70. The highest BCUT2D eigenvalue weighted by molar-refractivity contribution is 4.90. The molecule has 0 bridgehead atoms. The Labute approximate surface area is 81.8 Å². The Morgan fingerprint density at radius 1 is 1.23 bits per heavy atom. The fraction of sp³-hybridized carbons (Fsp3) is 0.833. The van der Waals surface area contributed by atoms with Crippen molar-refractivity contribution >= 4 is 0 Å². The molecule has 0 N–H and O–H groups in total. The van der Waals surface area contributed by atoms with Crippen molar-refractivity contribution in [3.63, 3.8) is 0 Å². The molecular formula is C12H21N. The second-order valence-corrected chi connectivity index (χ2v) is 4.51. The van der Waals surface area contributed by atoms with Crippen LogP contribution in [-0.4, -0.2) is 24.0 Å². The van der Waals surface area contributed by atoms with Crippen LogP contribution in [0.5, 0.6) is 0 Å². The Morgan fingerprint density at radius 2 is 2.08 bits per heavy atom. The zero-order valence-electron chi connectivity index (χ0n) is 8.54. The second kappa shape index (κ2) is 4.28. The fourth-order valence-electron chi connectivity index (χ4n) is 3.04. The van der Waals surface area contributed by atoms with E-state index in [0.29, 0.717) is 0 Å². The fourth-order valence-corrected chi connectivity index (χ4v) is 3.04. The quantitative estimate of drug-likeness (QED) is 0.602. The van der Waals surface area contributed by atoms with Crippen molar-refractivity contribution in [2.75, 3.05) is 13.1 Å². The van der Waals surface area contributed by atoms with Gasteiger partial charge in [0.15, 0.2) is 0 Å². The molecule has 2 rings (SSSR count). The number of likely N-dealkylation sites (tertiary alicyclic amines) is 1. The molecule has 1 aliphatic heterocycles. The lowest BCUT2D eigenvalue weighted by atomic mass is 9.85. The van der Waals surface area contributed by atoms with Gasteiger partial charge in [-0.2, -0.15) is 0 Å². The third kappa shape index (κ3) is 1.96. The van der Waals surface area contributed by atoms with E-state index in [-0.39, 0.29) is 0 Å². The van der Waals surface area contributed by atoms with E-state index in [1.54, 1.807) is 0 Å². The zero-order valence-corrected chi connectivity index (χ0v) is 8.54. The minimum Gasteiger partial charge on any atom is -0.300 e. The Hall–Kier alpha value is -0.300. The first-order valence-corrected chi connectivity index (χ1v) is 5.77. The predicted octanol–water partition coefficient (Wildman–Crippen LogP) is 2.83. The molecule has 1 saturated carbocycles. The maximum Gasteiger partial charge on any atom is 0.0124 e. The standard InChI is InChI=1S/C12H21N/c1-2-3-9-13-10-8-11-6-4-5-7-12(11)13/h2,11-12H,1,3-10H2. The molecular weight excluding hydrogens is 158 g/mol. The van der Waals surface area contributed by atoms with Crippen molar-refractivity contribution in [3.8, 4) is 0 Å². The SMILES string of the molecule is C=CCCN1CCC2CCCCC21. The summed E-state index contributed by atoms with van der Waals surface area (Å²) in [6.07, 6.45) is 10.6. The first-order valence-electron chi connectivity index (χ1n) is 5.77. The van der Waals surface area contributed by atoms with Crippen LogP contribution in [0.3, 0.4) is 0 Å². The van der Waals surface area contributed by atoms with Crippen molar-refractivity contribution in [1.82, 2.24) is 4.90 Å². The molecule has 0 aromatic rings. The van der Waals surface area contributed by atoms with E-state index in [4.69, 9.17) is 0 Å². The van der Waals surface area contributed by atoms with E-state index in [1.165, 1.54) is 51.6 Å². The molecule has 2 aliphatic rings. The van der Waals surface area contributed by atoms with Gasteiger partial charge in [0, 0.05) is 12.6 Å². The highest BCUT2D eigenvalue weighted by atomic mass is 15.2. The van der Waals surface area contributed by atoms with Crippen LogP contribution in [0.4, 0.5) is 0 Å². The summed E-state index contributed by atoms with van der Waals surface area (Å²) in [6.45, 7) is 6.40. The molecule has 1 saturated heterocycles. The lowest BCUT2D eigenvalue weighted by Crippen LogP contribution is -2.35. The third-order valence-electron chi connectivity index (χ3n) is 3.75. The number of nitrogens with zero attached hydrogens (tertiary/aromatic N) is 1. The van der Waals surface area contributed by atoms with Gasteiger partial charge in [-0.3, -0.25) is 4.90 Å². The zero-order chi connectivity index (χ0) is 9.10. The second-order valence-electron chi connectivity index (χ2n) is 4.51. The van der Waals surface area contributed by atoms with E-state index in [2.05, 4.69) is 17.6 Å². The van der Waals surface area contributed by atoms with Crippen LogP contribution in [0.25, 0.3) is 0 Å². The van der Waals surface area contributed by atoms with Crippen molar-refractivity contribution < 1.29 is 0 Å². The van der Waals surface area contributed by atoms with E-state index >= 15 is 0 Å². The molecule has 13 heavy (non-hydrogen) atoms. The lowest BCUT2D eigenvalue weighted by Gasteiger charge is -2.31. The topological polar surface area (TPSA) is 3.24 Å². The summed E-state index contributed by atoms with van der Waals surface area (Å²) in [7, 11) is 0. The van der Waals surface area contributed by atoms with E-state index in [9.17, 15) is 0 Å². The number of rotatable bonds is 3. The first-order chi connectivity index (χ1) is 6.42. The van der Waals surface area contributed by atoms with Gasteiger partial charge >= 0.3 is 0 Å². The van der Waals surface area contributed by atoms with E-state index < -0.39 is 0 Å². The average Bonchev–Trinajstić information content (AvgIpc) is 2.58. The largest absolute Gasteiger partial charge is 0.300 e. The summed E-state index contributed by atoms with van der Waals surface area (Å²) < 4.78 is 0. The minimum absolute atomic E-state index is 0.939. The maximum absolute atomic E-state index is 3.80. The number of fused-ring (bicyclic) bond motifs is 1. The van der Waals surface area contributed by atoms with Gasteiger partial charge in [0.25, 0.3) is 0 Å². The maximum atomic E-state index is 3.80. The normalized spacial score (nSPS) is 34.5. The van der Waals surface area contributed by atoms with E-state index in [0.717, 1.165) is 12.0 Å². The highest BCUT2D eigenvalue weighted by Crippen LogP contribution is 2.35. The molecule has 0 aromatic heterocycles. The van der Waals surface area contributed by atoms with Gasteiger partial charge in [-0.1, -0.05) is 18.9 Å². The van der Waals surface area contributed by atoms with Crippen LogP contribution in [0.15, 0.2) is 12.7 Å². The van der Waals surface area contributed by atoms with E-state index in [1.807, 2.05) is 0 Å². The average molecular weight is 179 g/mol. The van der Waals surface area contributed by atoms with Crippen LogP contribution >= 0.6 is 0 Å². The molecule has 2 fully saturated rings. The van der Waals surface area contributed by atoms with Gasteiger partial charge in [-0.05, 0) is 38.1 Å². The summed E-state index contributed by atoms with van der Waals surface area (Å²) in [5, 5.41) is 0. The molecule has 0 amide bonds. The van der Waals surface area contributed by atoms with Crippen LogP contribution in [0.2, 0.25) is 0 Å². The van der Waals surface area contributed by atoms with Gasteiger partial charge in [0.2, 0.25) is 0 Å². The van der Waals surface area contributed by atoms with Crippen LogP contribution in [0, 0.1) is 5.92 Å². The molecule has 1 aliphatic carbocycles. The lowest BCUT2D eigenvalue weighted by molar-refractivity contribution is 0.185. The summed E-state index contributed by atoms with van der Waals surface area (Å²) in [6, 6.07) is 0.939. The smallest absolute Gasteiger partial charge is 0.0124 e. The molecule has 1 heteroatoms. The molecule has 1 heterocycles. The van der Waals surface area contributed by atoms with Gasteiger partial charge in [0.1, 0.15) is 0 Å². The summed E-state index contributed by atoms with van der Waals surface area (Å²) in [5.74, 6) is 1.04. The molecule has 74 valence electrons. The third-order valence-corrected chi connectivity index (χ3v) is 3.75. The molecule has 1 nitrogen and oxygen atoms in total. The van der Waals surface area contributed by atoms with Crippen LogP contribution in [0.1, 0.15) is 38.5 Å².